The van der Waals surface area contributed by atoms with Crippen LogP contribution in [0.3, 0.4) is 0 Å². The minimum atomic E-state index is -4.26. The molecule has 1 aliphatic heterocycles. The minimum absolute atomic E-state index is 0.0845. The fourth-order valence-corrected chi connectivity index (χ4v) is 3.46. The predicted octanol–water partition coefficient (Wildman–Crippen LogP) is 0.291. The first kappa shape index (κ1) is 15.3. The number of hydrogen-bond donors (Lipinski definition) is 2. The summed E-state index contributed by atoms with van der Waals surface area (Å²) in [5, 5.41) is 13.3. The Hall–Kier alpha value is -2.07. The van der Waals surface area contributed by atoms with Gasteiger partial charge in [-0.3, -0.25) is 14.9 Å². The zero-order valence-electron chi connectivity index (χ0n) is 10.7. The van der Waals surface area contributed by atoms with Gasteiger partial charge in [0, 0.05) is 19.0 Å². The number of carbonyl (C=O) groups excluding carboxylic acids is 1. The second-order valence-electron chi connectivity index (χ2n) is 4.50. The average molecular weight is 317 g/mol. The lowest BCUT2D eigenvalue weighted by Gasteiger charge is -2.23. The molecule has 0 aliphatic carbocycles. The molecule has 1 saturated heterocycles. The molecule has 1 aromatic rings. The molecule has 1 unspecified atom stereocenters. The van der Waals surface area contributed by atoms with E-state index in [1.807, 2.05) is 0 Å². The Labute approximate surface area is 119 Å². The molecule has 0 spiro atoms. The monoisotopic (exact) mass is 317 g/mol. The van der Waals surface area contributed by atoms with Crippen LogP contribution in [0.25, 0.3) is 0 Å². The summed E-state index contributed by atoms with van der Waals surface area (Å²) in [6.07, 6.45) is 0.423. The smallest absolute Gasteiger partial charge is 0.324 e. The number of nitrogens with zero attached hydrogens (tertiary/aromatic N) is 1. The Balaban J connectivity index is 2.30. The zero-order chi connectivity index (χ0) is 15.6. The summed E-state index contributed by atoms with van der Waals surface area (Å²) in [6, 6.07) is 2.28. The topological polar surface area (TPSA) is 118 Å². The molecular weight excluding hydrogens is 305 g/mol. The van der Waals surface area contributed by atoms with Gasteiger partial charge in [0.05, 0.1) is 4.92 Å². The van der Waals surface area contributed by atoms with Crippen molar-refractivity contribution in [3.63, 3.8) is 0 Å². The molecule has 2 rings (SSSR count). The number of para-hydroxylation sites is 1. The van der Waals surface area contributed by atoms with Gasteiger partial charge in [0.25, 0.3) is 0 Å². The van der Waals surface area contributed by atoms with E-state index in [1.165, 1.54) is 0 Å². The molecule has 0 aromatic heterocycles. The Morgan fingerprint density at radius 3 is 2.71 bits per heavy atom. The summed E-state index contributed by atoms with van der Waals surface area (Å²) in [5.74, 6) is -1.41. The van der Waals surface area contributed by atoms with Crippen molar-refractivity contribution in [3.8, 4) is 0 Å². The fraction of sp³-hybridized carbons (Fsp3) is 0.364. The van der Waals surface area contributed by atoms with E-state index in [0.29, 0.717) is 0 Å². The number of carbonyl (C=O) groups is 1. The summed E-state index contributed by atoms with van der Waals surface area (Å²) >= 11 is 0. The molecule has 1 aromatic carbocycles. The molecule has 10 heteroatoms. The van der Waals surface area contributed by atoms with Crippen LogP contribution in [0, 0.1) is 15.9 Å². The molecule has 1 amide bonds. The summed E-state index contributed by atoms with van der Waals surface area (Å²) in [5.41, 5.74) is -1.09. The standard InChI is InChI=1S/C11H12FN3O5S/c12-8-2-1-3-9(11(8)15(17)18)21(19,20)14-7-4-5-10(16)13-6-7/h1-3,7,14H,4-6H2,(H,13,16). The number of amides is 1. The summed E-state index contributed by atoms with van der Waals surface area (Å²) < 4.78 is 40.0. The van der Waals surface area contributed by atoms with E-state index in [-0.39, 0.29) is 25.3 Å². The van der Waals surface area contributed by atoms with Gasteiger partial charge in [0.2, 0.25) is 21.7 Å². The maximum absolute atomic E-state index is 13.5. The van der Waals surface area contributed by atoms with Crippen LogP contribution in [0.1, 0.15) is 12.8 Å². The van der Waals surface area contributed by atoms with Crippen molar-refractivity contribution in [2.75, 3.05) is 6.54 Å². The minimum Gasteiger partial charge on any atom is -0.355 e. The van der Waals surface area contributed by atoms with Crippen LogP contribution >= 0.6 is 0 Å². The van der Waals surface area contributed by atoms with E-state index < -0.39 is 37.4 Å². The highest BCUT2D eigenvalue weighted by atomic mass is 32.2. The Kier molecular flexibility index (Phi) is 4.19. The summed E-state index contributed by atoms with van der Waals surface area (Å²) in [4.78, 5) is 20.0. The van der Waals surface area contributed by atoms with Crippen LogP contribution in [0.15, 0.2) is 23.1 Å². The third-order valence-electron chi connectivity index (χ3n) is 3.01. The lowest BCUT2D eigenvalue weighted by atomic mass is 10.1. The molecule has 0 radical (unpaired) electrons. The van der Waals surface area contributed by atoms with Crippen molar-refractivity contribution in [2.24, 2.45) is 0 Å². The highest BCUT2D eigenvalue weighted by Gasteiger charge is 2.32. The molecule has 21 heavy (non-hydrogen) atoms. The SMILES string of the molecule is O=C1CCC(NS(=O)(=O)c2cccc(F)c2[N+](=O)[O-])CN1. The van der Waals surface area contributed by atoms with Gasteiger partial charge in [-0.1, -0.05) is 6.07 Å². The molecule has 1 aliphatic rings. The second kappa shape index (κ2) is 5.74. The maximum Gasteiger partial charge on any atom is 0.324 e. The van der Waals surface area contributed by atoms with Crippen LogP contribution in [0.5, 0.6) is 0 Å². The number of nitro benzene ring substituents is 1. The average Bonchev–Trinajstić information content (AvgIpc) is 2.40. The van der Waals surface area contributed by atoms with Crippen LogP contribution < -0.4 is 10.0 Å². The predicted molar refractivity (Wildman–Crippen MR) is 69.4 cm³/mol. The lowest BCUT2D eigenvalue weighted by Crippen LogP contribution is -2.47. The van der Waals surface area contributed by atoms with Crippen LogP contribution in [-0.4, -0.2) is 31.8 Å². The van der Waals surface area contributed by atoms with Crippen molar-refractivity contribution in [1.29, 1.82) is 0 Å². The first-order chi connectivity index (χ1) is 9.81. The summed E-state index contributed by atoms with van der Waals surface area (Å²) in [7, 11) is -4.26. The van der Waals surface area contributed by atoms with E-state index in [1.54, 1.807) is 0 Å². The van der Waals surface area contributed by atoms with Gasteiger partial charge in [-0.2, -0.15) is 4.39 Å². The Morgan fingerprint density at radius 2 is 2.14 bits per heavy atom. The van der Waals surface area contributed by atoms with Crippen molar-refractivity contribution < 1.29 is 22.5 Å². The van der Waals surface area contributed by atoms with E-state index in [0.717, 1.165) is 18.2 Å². The van der Waals surface area contributed by atoms with E-state index in [9.17, 15) is 27.7 Å². The van der Waals surface area contributed by atoms with Gasteiger partial charge in [0.1, 0.15) is 0 Å². The first-order valence-electron chi connectivity index (χ1n) is 6.03. The van der Waals surface area contributed by atoms with Crippen molar-refractivity contribution in [3.05, 3.63) is 34.1 Å². The molecule has 1 fully saturated rings. The molecule has 0 bridgehead atoms. The highest BCUT2D eigenvalue weighted by Crippen LogP contribution is 2.26. The van der Waals surface area contributed by atoms with Gasteiger partial charge < -0.3 is 5.32 Å². The van der Waals surface area contributed by atoms with E-state index >= 15 is 0 Å². The van der Waals surface area contributed by atoms with Gasteiger partial charge in [0.15, 0.2) is 4.90 Å². The maximum atomic E-state index is 13.5. The first-order valence-corrected chi connectivity index (χ1v) is 7.51. The van der Waals surface area contributed by atoms with Crippen LogP contribution in [-0.2, 0) is 14.8 Å². The Morgan fingerprint density at radius 1 is 1.43 bits per heavy atom. The zero-order valence-corrected chi connectivity index (χ0v) is 11.5. The number of nitro groups is 1. The summed E-state index contributed by atoms with van der Waals surface area (Å²) in [6.45, 7) is 0.0845. The molecule has 1 atom stereocenters. The van der Waals surface area contributed by atoms with Gasteiger partial charge in [-0.25, -0.2) is 13.1 Å². The van der Waals surface area contributed by atoms with Crippen molar-refractivity contribution in [2.45, 2.75) is 23.8 Å². The molecular formula is C11H12FN3O5S. The highest BCUT2D eigenvalue weighted by molar-refractivity contribution is 7.89. The molecule has 114 valence electrons. The molecule has 2 N–H and O–H groups in total. The third kappa shape index (κ3) is 3.34. The van der Waals surface area contributed by atoms with Gasteiger partial charge >= 0.3 is 5.69 Å². The number of benzene rings is 1. The largest absolute Gasteiger partial charge is 0.355 e. The number of piperidine rings is 1. The van der Waals surface area contributed by atoms with Crippen molar-refractivity contribution in [1.82, 2.24) is 10.0 Å². The van der Waals surface area contributed by atoms with Crippen LogP contribution in [0.2, 0.25) is 0 Å². The Bertz CT molecular complexity index is 681. The fourth-order valence-electron chi connectivity index (χ4n) is 2.01. The third-order valence-corrected chi connectivity index (χ3v) is 4.56. The number of rotatable bonds is 4. The number of nitrogens with one attached hydrogen (secondary N) is 2. The van der Waals surface area contributed by atoms with Crippen molar-refractivity contribution >= 4 is 21.6 Å². The quantitative estimate of drug-likeness (QED) is 0.611. The number of halogens is 1. The van der Waals surface area contributed by atoms with Gasteiger partial charge in [-0.15, -0.1) is 0 Å². The van der Waals surface area contributed by atoms with E-state index in [2.05, 4.69) is 10.0 Å². The molecule has 1 heterocycles. The molecule has 8 nitrogen and oxygen atoms in total. The lowest BCUT2D eigenvalue weighted by molar-refractivity contribution is -0.390. The van der Waals surface area contributed by atoms with E-state index in [4.69, 9.17) is 0 Å². The van der Waals surface area contributed by atoms with Crippen LogP contribution in [0.4, 0.5) is 10.1 Å². The molecule has 0 saturated carbocycles. The van der Waals surface area contributed by atoms with Gasteiger partial charge in [-0.05, 0) is 18.6 Å². The second-order valence-corrected chi connectivity index (χ2v) is 6.19. The normalized spacial score (nSPS) is 19.1. The number of hydrogen-bond acceptors (Lipinski definition) is 5. The number of sulfonamides is 1.